The van der Waals surface area contributed by atoms with E-state index >= 15 is 0 Å². The van der Waals surface area contributed by atoms with Crippen LogP contribution in [0.1, 0.15) is 6.92 Å². The number of anilines is 3. The molecule has 2 aromatic carbocycles. The fourth-order valence-electron chi connectivity index (χ4n) is 2.52. The van der Waals surface area contributed by atoms with Crippen LogP contribution in [0.2, 0.25) is 0 Å². The Morgan fingerprint density at radius 1 is 1.00 bits per heavy atom. The van der Waals surface area contributed by atoms with Gasteiger partial charge < -0.3 is 10.1 Å². The molecule has 8 heteroatoms. The number of hydrogen-bond acceptors (Lipinski definition) is 6. The fraction of sp³-hybridized carbons (Fsp3) is 0.158. The van der Waals surface area contributed by atoms with E-state index in [1.54, 1.807) is 18.2 Å². The molecule has 140 valence electrons. The van der Waals surface area contributed by atoms with Gasteiger partial charge in [0.05, 0.1) is 24.2 Å². The lowest BCUT2D eigenvalue weighted by atomic mass is 10.1. The quantitative estimate of drug-likeness (QED) is 0.646. The zero-order valence-electron chi connectivity index (χ0n) is 15.0. The zero-order valence-corrected chi connectivity index (χ0v) is 15.8. The van der Waals surface area contributed by atoms with E-state index in [-0.39, 0.29) is 0 Å². The molecular weight excluding hydrogens is 364 g/mol. The summed E-state index contributed by atoms with van der Waals surface area (Å²) < 4.78 is 30.7. The van der Waals surface area contributed by atoms with Crippen LogP contribution in [0.25, 0.3) is 11.3 Å². The van der Waals surface area contributed by atoms with E-state index in [9.17, 15) is 8.42 Å². The SMILES string of the molecule is CCOc1cccc(-c2cc(Nc3cccc(NS(C)(=O)=O)c3)ncn2)c1. The Kier molecular flexibility index (Phi) is 5.56. The smallest absolute Gasteiger partial charge is 0.229 e. The van der Waals surface area contributed by atoms with Crippen LogP contribution in [0.5, 0.6) is 5.75 Å². The molecule has 0 radical (unpaired) electrons. The Bertz CT molecular complexity index is 1040. The van der Waals surface area contributed by atoms with Gasteiger partial charge in [-0.25, -0.2) is 18.4 Å². The van der Waals surface area contributed by atoms with E-state index in [1.165, 1.54) is 6.33 Å². The average molecular weight is 384 g/mol. The lowest BCUT2D eigenvalue weighted by Gasteiger charge is -2.10. The van der Waals surface area contributed by atoms with Gasteiger partial charge in [-0.1, -0.05) is 18.2 Å². The zero-order chi connectivity index (χ0) is 19.3. The van der Waals surface area contributed by atoms with Crippen molar-refractivity contribution >= 4 is 27.2 Å². The van der Waals surface area contributed by atoms with E-state index < -0.39 is 10.0 Å². The highest BCUT2D eigenvalue weighted by molar-refractivity contribution is 7.92. The molecule has 0 spiro atoms. The molecule has 3 aromatic rings. The summed E-state index contributed by atoms with van der Waals surface area (Å²) in [7, 11) is -3.33. The molecule has 0 saturated carbocycles. The van der Waals surface area contributed by atoms with Crippen molar-refractivity contribution in [2.24, 2.45) is 0 Å². The van der Waals surface area contributed by atoms with Crippen LogP contribution in [0, 0.1) is 0 Å². The maximum absolute atomic E-state index is 11.4. The predicted octanol–water partition coefficient (Wildman–Crippen LogP) is 3.66. The van der Waals surface area contributed by atoms with Gasteiger partial charge in [0.1, 0.15) is 17.9 Å². The molecule has 1 heterocycles. The Labute approximate surface area is 158 Å². The number of nitrogens with one attached hydrogen (secondary N) is 2. The summed E-state index contributed by atoms with van der Waals surface area (Å²) in [6.45, 7) is 2.53. The molecule has 2 N–H and O–H groups in total. The predicted molar refractivity (Wildman–Crippen MR) is 107 cm³/mol. The molecule has 27 heavy (non-hydrogen) atoms. The third-order valence-corrected chi connectivity index (χ3v) is 4.15. The van der Waals surface area contributed by atoms with Gasteiger partial charge >= 0.3 is 0 Å². The van der Waals surface area contributed by atoms with Crippen molar-refractivity contribution in [2.75, 3.05) is 22.9 Å². The second kappa shape index (κ2) is 8.05. The third-order valence-electron chi connectivity index (χ3n) is 3.55. The number of nitrogens with zero attached hydrogens (tertiary/aromatic N) is 2. The normalized spacial score (nSPS) is 11.0. The van der Waals surface area contributed by atoms with Gasteiger partial charge in [0.25, 0.3) is 0 Å². The van der Waals surface area contributed by atoms with Crippen molar-refractivity contribution in [1.82, 2.24) is 9.97 Å². The minimum absolute atomic E-state index is 0.473. The van der Waals surface area contributed by atoms with Gasteiger partial charge in [0.15, 0.2) is 0 Å². The maximum Gasteiger partial charge on any atom is 0.229 e. The lowest BCUT2D eigenvalue weighted by Crippen LogP contribution is -2.09. The molecule has 1 aromatic heterocycles. The summed E-state index contributed by atoms with van der Waals surface area (Å²) in [4.78, 5) is 8.55. The Hall–Kier alpha value is -3.13. The summed E-state index contributed by atoms with van der Waals surface area (Å²) >= 11 is 0. The summed E-state index contributed by atoms with van der Waals surface area (Å²) in [5.41, 5.74) is 2.84. The number of benzene rings is 2. The maximum atomic E-state index is 11.4. The largest absolute Gasteiger partial charge is 0.494 e. The van der Waals surface area contributed by atoms with Crippen LogP contribution in [0.3, 0.4) is 0 Å². The Morgan fingerprint density at radius 2 is 1.78 bits per heavy atom. The number of rotatable bonds is 7. The fourth-order valence-corrected chi connectivity index (χ4v) is 3.07. The molecule has 0 atom stereocenters. The van der Waals surface area contributed by atoms with Crippen LogP contribution < -0.4 is 14.8 Å². The summed E-state index contributed by atoms with van der Waals surface area (Å²) in [5, 5.41) is 3.16. The summed E-state index contributed by atoms with van der Waals surface area (Å²) in [6.07, 6.45) is 2.59. The molecule has 7 nitrogen and oxygen atoms in total. The minimum Gasteiger partial charge on any atom is -0.494 e. The van der Waals surface area contributed by atoms with E-state index in [0.717, 1.165) is 23.3 Å². The molecule has 0 aliphatic carbocycles. The highest BCUT2D eigenvalue weighted by Gasteiger charge is 2.06. The van der Waals surface area contributed by atoms with Gasteiger partial charge in [0, 0.05) is 17.3 Å². The van der Waals surface area contributed by atoms with Crippen LogP contribution in [-0.2, 0) is 10.0 Å². The third kappa shape index (κ3) is 5.42. The molecule has 0 amide bonds. The van der Waals surface area contributed by atoms with E-state index in [1.807, 2.05) is 43.3 Å². The van der Waals surface area contributed by atoms with Crippen LogP contribution >= 0.6 is 0 Å². The number of aromatic nitrogens is 2. The van der Waals surface area contributed by atoms with Crippen molar-refractivity contribution < 1.29 is 13.2 Å². The van der Waals surface area contributed by atoms with Crippen LogP contribution in [0.4, 0.5) is 17.2 Å². The van der Waals surface area contributed by atoms with Crippen molar-refractivity contribution in [1.29, 1.82) is 0 Å². The van der Waals surface area contributed by atoms with Crippen LogP contribution in [-0.4, -0.2) is 31.2 Å². The molecule has 0 unspecified atom stereocenters. The van der Waals surface area contributed by atoms with Crippen LogP contribution in [0.15, 0.2) is 60.9 Å². The first-order chi connectivity index (χ1) is 12.9. The second-order valence-corrected chi connectivity index (χ2v) is 7.58. The highest BCUT2D eigenvalue weighted by atomic mass is 32.2. The molecule has 0 bridgehead atoms. The molecule has 0 saturated heterocycles. The molecule has 0 fully saturated rings. The number of hydrogen-bond donors (Lipinski definition) is 2. The first-order valence-electron chi connectivity index (χ1n) is 8.33. The first-order valence-corrected chi connectivity index (χ1v) is 10.2. The number of sulfonamides is 1. The van der Waals surface area contributed by atoms with Crippen molar-refractivity contribution in [3.63, 3.8) is 0 Å². The van der Waals surface area contributed by atoms with Crippen molar-refractivity contribution in [3.8, 4) is 17.0 Å². The Balaban J connectivity index is 1.82. The molecule has 0 aliphatic heterocycles. The average Bonchev–Trinajstić information content (AvgIpc) is 2.61. The minimum atomic E-state index is -3.33. The standard InChI is InChI=1S/C19H20N4O3S/c1-3-26-17-9-4-6-14(10-17)18-12-19(21-13-20-18)22-15-7-5-8-16(11-15)23-27(2,24)25/h4-13,23H,3H2,1-2H3,(H,20,21,22). The van der Waals surface area contributed by atoms with Crippen molar-refractivity contribution in [2.45, 2.75) is 6.92 Å². The lowest BCUT2D eigenvalue weighted by molar-refractivity contribution is 0.340. The van der Waals surface area contributed by atoms with Crippen molar-refractivity contribution in [3.05, 3.63) is 60.9 Å². The second-order valence-electron chi connectivity index (χ2n) is 5.83. The van der Waals surface area contributed by atoms with E-state index in [0.29, 0.717) is 23.8 Å². The van der Waals surface area contributed by atoms with Gasteiger partial charge in [-0.2, -0.15) is 0 Å². The molecular formula is C19H20N4O3S. The van der Waals surface area contributed by atoms with Gasteiger partial charge in [-0.05, 0) is 37.3 Å². The van der Waals surface area contributed by atoms with E-state index in [4.69, 9.17) is 4.74 Å². The highest BCUT2D eigenvalue weighted by Crippen LogP contribution is 2.25. The Morgan fingerprint density at radius 3 is 2.56 bits per heavy atom. The topological polar surface area (TPSA) is 93.2 Å². The molecule has 0 aliphatic rings. The van der Waals surface area contributed by atoms with Gasteiger partial charge in [-0.15, -0.1) is 0 Å². The van der Waals surface area contributed by atoms with Gasteiger partial charge in [0.2, 0.25) is 10.0 Å². The summed E-state index contributed by atoms with van der Waals surface area (Å²) in [6, 6.07) is 16.5. The first kappa shape index (κ1) is 18.7. The monoisotopic (exact) mass is 384 g/mol. The van der Waals surface area contributed by atoms with E-state index in [2.05, 4.69) is 20.0 Å². The summed E-state index contributed by atoms with van der Waals surface area (Å²) in [5.74, 6) is 1.38. The molecule has 3 rings (SSSR count). The van der Waals surface area contributed by atoms with Gasteiger partial charge in [-0.3, -0.25) is 4.72 Å². The number of ether oxygens (including phenoxy) is 1.